The highest BCUT2D eigenvalue weighted by molar-refractivity contribution is 7.91. The summed E-state index contributed by atoms with van der Waals surface area (Å²) in [6, 6.07) is 48.9. The summed E-state index contributed by atoms with van der Waals surface area (Å²) in [7, 11) is -2.55. The summed E-state index contributed by atoms with van der Waals surface area (Å²) < 4.78 is 13.4. The fourth-order valence-electron chi connectivity index (χ4n) is 4.78. The molecular weight excluding hydrogens is 448 g/mol. The number of aryl methyl sites for hydroxylation is 1. The Morgan fingerprint density at radius 1 is 0.471 bits per heavy atom. The van der Waals surface area contributed by atoms with Crippen LogP contribution >= 0.6 is 0 Å². The van der Waals surface area contributed by atoms with E-state index in [1.807, 2.05) is 31.2 Å². The standard InChI is InChI=1S/C31H26OSSi/c1-25-13-11-12-20-31(25)33(32)26-21-23-30(24-22-26)34(27-14-5-2-6-15-27,28-16-7-3-8-17-28)29-18-9-4-10-19-29/h2-24H,1H3. The average molecular weight is 475 g/mol. The zero-order valence-electron chi connectivity index (χ0n) is 19.1. The number of benzene rings is 5. The van der Waals surface area contributed by atoms with E-state index in [4.69, 9.17) is 0 Å². The second kappa shape index (κ2) is 9.86. The lowest BCUT2D eigenvalue weighted by Crippen LogP contribution is -2.74. The molecule has 0 spiro atoms. The van der Waals surface area contributed by atoms with Crippen molar-refractivity contribution in [2.75, 3.05) is 0 Å². The molecule has 0 saturated carbocycles. The lowest BCUT2D eigenvalue weighted by Gasteiger charge is -2.34. The predicted octanol–water partition coefficient (Wildman–Crippen LogP) is 4.54. The zero-order valence-corrected chi connectivity index (χ0v) is 20.9. The van der Waals surface area contributed by atoms with E-state index in [2.05, 4.69) is 115 Å². The molecule has 0 amide bonds. The average Bonchev–Trinajstić information content (AvgIpc) is 2.91. The summed E-state index contributed by atoms with van der Waals surface area (Å²) in [6.45, 7) is 2.01. The molecule has 5 aromatic rings. The Labute approximate surface area is 206 Å². The van der Waals surface area contributed by atoms with Crippen LogP contribution in [0.25, 0.3) is 0 Å². The Morgan fingerprint density at radius 3 is 1.29 bits per heavy atom. The third-order valence-corrected chi connectivity index (χ3v) is 12.8. The quantitative estimate of drug-likeness (QED) is 0.201. The maximum Gasteiger partial charge on any atom is 0.179 e. The molecule has 1 atom stereocenters. The molecule has 34 heavy (non-hydrogen) atoms. The first-order valence-corrected chi connectivity index (χ1v) is 14.6. The molecule has 166 valence electrons. The topological polar surface area (TPSA) is 23.1 Å². The van der Waals surface area contributed by atoms with E-state index in [0.29, 0.717) is 0 Å². The minimum atomic E-state index is -2.55. The first-order chi connectivity index (χ1) is 16.7. The second-order valence-electron chi connectivity index (χ2n) is 8.41. The molecule has 0 radical (unpaired) electrons. The number of hydrogen-bond acceptors (Lipinski definition) is 1. The minimum Gasteiger partial charge on any atom is -0.606 e. The van der Waals surface area contributed by atoms with Crippen LogP contribution in [0.1, 0.15) is 5.56 Å². The van der Waals surface area contributed by atoms with Gasteiger partial charge in [-0.25, -0.2) is 0 Å². The minimum absolute atomic E-state index is 0.829. The molecule has 1 nitrogen and oxygen atoms in total. The Kier molecular flexibility index (Phi) is 6.50. The maximum atomic E-state index is 13.4. The summed E-state index contributed by atoms with van der Waals surface area (Å²) in [5, 5.41) is 5.28. The molecule has 5 rings (SSSR count). The molecule has 5 aromatic carbocycles. The van der Waals surface area contributed by atoms with E-state index in [-0.39, 0.29) is 0 Å². The largest absolute Gasteiger partial charge is 0.606 e. The molecule has 0 aliphatic carbocycles. The van der Waals surface area contributed by atoms with Gasteiger partial charge in [0, 0.05) is 16.7 Å². The Balaban J connectivity index is 1.71. The van der Waals surface area contributed by atoms with Gasteiger partial charge in [-0.15, -0.1) is 0 Å². The highest BCUT2D eigenvalue weighted by Crippen LogP contribution is 2.23. The van der Waals surface area contributed by atoms with Crippen LogP contribution in [0.4, 0.5) is 0 Å². The molecule has 0 heterocycles. The van der Waals surface area contributed by atoms with Gasteiger partial charge in [-0.05, 0) is 45.9 Å². The molecule has 3 heteroatoms. The molecule has 0 fully saturated rings. The molecule has 0 saturated heterocycles. The van der Waals surface area contributed by atoms with Crippen molar-refractivity contribution >= 4 is 40.0 Å². The Bertz CT molecular complexity index is 1260. The third kappa shape index (κ3) is 4.03. The van der Waals surface area contributed by atoms with Gasteiger partial charge in [-0.2, -0.15) is 0 Å². The smallest absolute Gasteiger partial charge is 0.179 e. The van der Waals surface area contributed by atoms with Crippen molar-refractivity contribution in [2.45, 2.75) is 16.7 Å². The van der Waals surface area contributed by atoms with E-state index >= 15 is 0 Å². The van der Waals surface area contributed by atoms with Crippen LogP contribution in [-0.4, -0.2) is 12.6 Å². The summed E-state index contributed by atoms with van der Waals surface area (Å²) in [5.74, 6) is 0. The van der Waals surface area contributed by atoms with Crippen LogP contribution in [0.5, 0.6) is 0 Å². The van der Waals surface area contributed by atoms with Gasteiger partial charge in [-0.3, -0.25) is 0 Å². The highest BCUT2D eigenvalue weighted by Gasteiger charge is 2.41. The van der Waals surface area contributed by atoms with Gasteiger partial charge in [-0.1, -0.05) is 121 Å². The van der Waals surface area contributed by atoms with Crippen molar-refractivity contribution in [1.82, 2.24) is 0 Å². The lowest BCUT2D eigenvalue weighted by molar-refractivity contribution is 0.594. The molecule has 0 bridgehead atoms. The van der Waals surface area contributed by atoms with Gasteiger partial charge in [0.1, 0.15) is 0 Å². The van der Waals surface area contributed by atoms with Gasteiger partial charge in [0.15, 0.2) is 17.9 Å². The van der Waals surface area contributed by atoms with E-state index in [0.717, 1.165) is 15.4 Å². The van der Waals surface area contributed by atoms with Crippen LogP contribution in [-0.2, 0) is 11.2 Å². The lowest BCUT2D eigenvalue weighted by atomic mass is 10.2. The molecule has 0 aliphatic heterocycles. The predicted molar refractivity (Wildman–Crippen MR) is 146 cm³/mol. The monoisotopic (exact) mass is 474 g/mol. The van der Waals surface area contributed by atoms with Crippen molar-refractivity contribution in [1.29, 1.82) is 0 Å². The van der Waals surface area contributed by atoms with Gasteiger partial charge >= 0.3 is 0 Å². The number of hydrogen-bond donors (Lipinski definition) is 0. The normalized spacial score (nSPS) is 12.3. The van der Waals surface area contributed by atoms with E-state index in [1.54, 1.807) is 0 Å². The number of rotatable bonds is 6. The zero-order chi connectivity index (χ0) is 23.4. The maximum absolute atomic E-state index is 13.4. The van der Waals surface area contributed by atoms with E-state index in [1.165, 1.54) is 20.7 Å². The molecule has 0 aromatic heterocycles. The fraction of sp³-hybridized carbons (Fsp3) is 0.0323. The summed E-state index contributed by atoms with van der Waals surface area (Å²) >= 11 is -1.21. The van der Waals surface area contributed by atoms with Crippen molar-refractivity contribution in [3.05, 3.63) is 145 Å². The summed E-state index contributed by atoms with van der Waals surface area (Å²) in [6.07, 6.45) is 0. The van der Waals surface area contributed by atoms with E-state index < -0.39 is 19.2 Å². The molecule has 0 N–H and O–H groups in total. The second-order valence-corrected chi connectivity index (χ2v) is 13.7. The van der Waals surface area contributed by atoms with Gasteiger partial charge in [0.25, 0.3) is 0 Å². The SMILES string of the molecule is Cc1ccccc1[S+]([O-])c1ccc([Si](c2ccccc2)(c2ccccc2)c2ccccc2)cc1. The van der Waals surface area contributed by atoms with Crippen LogP contribution in [0.2, 0.25) is 0 Å². The van der Waals surface area contributed by atoms with Crippen LogP contribution in [0.3, 0.4) is 0 Å². The van der Waals surface area contributed by atoms with E-state index in [9.17, 15) is 4.55 Å². The summed E-state index contributed by atoms with van der Waals surface area (Å²) in [5.41, 5.74) is 1.05. The van der Waals surface area contributed by atoms with Gasteiger partial charge in [0.2, 0.25) is 0 Å². The van der Waals surface area contributed by atoms with Crippen molar-refractivity contribution < 1.29 is 4.55 Å². The van der Waals surface area contributed by atoms with Crippen LogP contribution in [0.15, 0.2) is 149 Å². The summed E-state index contributed by atoms with van der Waals surface area (Å²) in [4.78, 5) is 1.70. The fourth-order valence-corrected chi connectivity index (χ4v) is 10.7. The van der Waals surface area contributed by atoms with Gasteiger partial charge < -0.3 is 4.55 Å². The molecular formula is C31H26OSSi. The van der Waals surface area contributed by atoms with Crippen molar-refractivity contribution in [3.63, 3.8) is 0 Å². The first-order valence-electron chi connectivity index (χ1n) is 11.5. The van der Waals surface area contributed by atoms with Crippen LogP contribution < -0.4 is 20.7 Å². The highest BCUT2D eigenvalue weighted by atomic mass is 32.2. The van der Waals surface area contributed by atoms with Gasteiger partial charge in [0.05, 0.1) is 0 Å². The molecule has 0 aliphatic rings. The first kappa shape index (κ1) is 22.4. The van der Waals surface area contributed by atoms with Crippen molar-refractivity contribution in [2.24, 2.45) is 0 Å². The Hall–Kier alpha value is -3.37. The van der Waals surface area contributed by atoms with Crippen molar-refractivity contribution in [3.8, 4) is 0 Å². The van der Waals surface area contributed by atoms with Crippen LogP contribution in [0, 0.1) is 6.92 Å². The molecule has 1 unspecified atom stereocenters. The Morgan fingerprint density at radius 2 is 0.853 bits per heavy atom. The third-order valence-electron chi connectivity index (χ3n) is 6.42.